The highest BCUT2D eigenvalue weighted by Gasteiger charge is 2.36. The zero-order valence-corrected chi connectivity index (χ0v) is 18.3. The molecular formula is C24H26N2O6. The van der Waals surface area contributed by atoms with Crippen molar-refractivity contribution in [2.24, 2.45) is 0 Å². The second-order valence-corrected chi connectivity index (χ2v) is 7.00. The maximum atomic E-state index is 13.1. The fraction of sp³-hybridized carbons (Fsp3) is 0.292. The van der Waals surface area contributed by atoms with E-state index in [1.54, 1.807) is 42.5 Å². The van der Waals surface area contributed by atoms with Gasteiger partial charge in [0, 0.05) is 0 Å². The molecule has 1 heterocycles. The lowest BCUT2D eigenvalue weighted by molar-refractivity contribution is -0.122. The molecule has 0 spiro atoms. The zero-order chi connectivity index (χ0) is 23.1. The SMILES string of the molecule is CCCCOc1ccc(N2C(=O)NC(=O)/C(=C/c3ccc(OCC)c(OC)c3)C2=O)cc1. The molecule has 1 aliphatic heterocycles. The molecule has 1 N–H and O–H groups in total. The van der Waals surface area contributed by atoms with Crippen LogP contribution in [-0.4, -0.2) is 38.2 Å². The molecule has 0 saturated carbocycles. The summed E-state index contributed by atoms with van der Waals surface area (Å²) in [4.78, 5) is 38.8. The summed E-state index contributed by atoms with van der Waals surface area (Å²) >= 11 is 0. The van der Waals surface area contributed by atoms with E-state index in [1.165, 1.54) is 13.2 Å². The van der Waals surface area contributed by atoms with Gasteiger partial charge in [-0.05, 0) is 61.4 Å². The van der Waals surface area contributed by atoms with E-state index < -0.39 is 17.8 Å². The third-order valence-corrected chi connectivity index (χ3v) is 4.76. The summed E-state index contributed by atoms with van der Waals surface area (Å²) < 4.78 is 16.4. The van der Waals surface area contributed by atoms with Crippen LogP contribution in [0.4, 0.5) is 10.5 Å². The van der Waals surface area contributed by atoms with Crippen molar-refractivity contribution in [1.29, 1.82) is 0 Å². The molecular weight excluding hydrogens is 412 g/mol. The van der Waals surface area contributed by atoms with Gasteiger partial charge in [-0.2, -0.15) is 0 Å². The van der Waals surface area contributed by atoms with Crippen LogP contribution >= 0.6 is 0 Å². The molecule has 4 amide bonds. The Morgan fingerprint density at radius 3 is 2.38 bits per heavy atom. The van der Waals surface area contributed by atoms with Crippen molar-refractivity contribution in [3.05, 3.63) is 53.6 Å². The van der Waals surface area contributed by atoms with Crippen LogP contribution in [0.1, 0.15) is 32.3 Å². The number of benzene rings is 2. The molecule has 0 aromatic heterocycles. The predicted molar refractivity (Wildman–Crippen MR) is 120 cm³/mol. The van der Waals surface area contributed by atoms with Gasteiger partial charge in [-0.15, -0.1) is 0 Å². The normalized spacial score (nSPS) is 15.0. The van der Waals surface area contributed by atoms with E-state index in [1.807, 2.05) is 6.92 Å². The first kappa shape index (κ1) is 22.9. The Kier molecular flexibility index (Phi) is 7.49. The van der Waals surface area contributed by atoms with Gasteiger partial charge < -0.3 is 14.2 Å². The van der Waals surface area contributed by atoms with E-state index in [9.17, 15) is 14.4 Å². The molecule has 32 heavy (non-hydrogen) atoms. The number of urea groups is 1. The van der Waals surface area contributed by atoms with Crippen molar-refractivity contribution < 1.29 is 28.6 Å². The number of carbonyl (C=O) groups excluding carboxylic acids is 3. The molecule has 0 bridgehead atoms. The number of hydrogen-bond acceptors (Lipinski definition) is 6. The molecule has 0 atom stereocenters. The van der Waals surface area contributed by atoms with Gasteiger partial charge in [0.15, 0.2) is 11.5 Å². The van der Waals surface area contributed by atoms with E-state index in [0.29, 0.717) is 41.7 Å². The average Bonchev–Trinajstić information content (AvgIpc) is 2.78. The van der Waals surface area contributed by atoms with Gasteiger partial charge in [-0.25, -0.2) is 9.69 Å². The number of unbranched alkanes of at least 4 members (excludes halogenated alkanes) is 1. The fourth-order valence-corrected chi connectivity index (χ4v) is 3.13. The minimum absolute atomic E-state index is 0.168. The standard InChI is InChI=1S/C24H26N2O6/c1-4-6-13-32-18-10-8-17(9-11-18)26-23(28)19(22(27)25-24(26)29)14-16-7-12-20(31-5-2)21(15-16)30-3/h7-12,14-15H,4-6,13H2,1-3H3,(H,25,27,29)/b19-14-. The zero-order valence-electron chi connectivity index (χ0n) is 18.3. The number of barbiturate groups is 1. The fourth-order valence-electron chi connectivity index (χ4n) is 3.13. The van der Waals surface area contributed by atoms with Crippen LogP contribution in [-0.2, 0) is 9.59 Å². The van der Waals surface area contributed by atoms with E-state index in [4.69, 9.17) is 14.2 Å². The van der Waals surface area contributed by atoms with Gasteiger partial charge in [0.05, 0.1) is 26.0 Å². The highest BCUT2D eigenvalue weighted by atomic mass is 16.5. The highest BCUT2D eigenvalue weighted by molar-refractivity contribution is 6.39. The van der Waals surface area contributed by atoms with E-state index in [-0.39, 0.29) is 5.57 Å². The molecule has 0 radical (unpaired) electrons. The molecule has 0 aliphatic carbocycles. The first-order valence-electron chi connectivity index (χ1n) is 10.4. The Labute approximate surface area is 186 Å². The number of methoxy groups -OCH3 is 1. The van der Waals surface area contributed by atoms with Gasteiger partial charge in [0.2, 0.25) is 0 Å². The average molecular weight is 438 g/mol. The summed E-state index contributed by atoms with van der Waals surface area (Å²) in [5.41, 5.74) is 0.717. The maximum absolute atomic E-state index is 13.1. The van der Waals surface area contributed by atoms with Crippen LogP contribution in [0.25, 0.3) is 6.08 Å². The van der Waals surface area contributed by atoms with Crippen molar-refractivity contribution in [2.75, 3.05) is 25.2 Å². The lowest BCUT2D eigenvalue weighted by Crippen LogP contribution is -2.54. The molecule has 2 aromatic carbocycles. The van der Waals surface area contributed by atoms with Crippen molar-refractivity contribution >= 4 is 29.6 Å². The number of amides is 4. The van der Waals surface area contributed by atoms with Gasteiger partial charge in [-0.1, -0.05) is 19.4 Å². The van der Waals surface area contributed by atoms with Gasteiger partial charge in [0.25, 0.3) is 11.8 Å². The van der Waals surface area contributed by atoms with E-state index >= 15 is 0 Å². The second-order valence-electron chi connectivity index (χ2n) is 7.00. The second kappa shape index (κ2) is 10.5. The summed E-state index contributed by atoms with van der Waals surface area (Å²) in [7, 11) is 1.50. The van der Waals surface area contributed by atoms with Gasteiger partial charge in [-0.3, -0.25) is 14.9 Å². The molecule has 8 heteroatoms. The first-order valence-corrected chi connectivity index (χ1v) is 10.4. The van der Waals surface area contributed by atoms with Crippen molar-refractivity contribution in [3.63, 3.8) is 0 Å². The predicted octanol–water partition coefficient (Wildman–Crippen LogP) is 3.94. The summed E-state index contributed by atoms with van der Waals surface area (Å²) in [6.07, 6.45) is 3.36. The van der Waals surface area contributed by atoms with Crippen LogP contribution in [0.3, 0.4) is 0 Å². The van der Waals surface area contributed by atoms with Crippen LogP contribution in [0.5, 0.6) is 17.2 Å². The summed E-state index contributed by atoms with van der Waals surface area (Å²) in [5, 5.41) is 2.22. The lowest BCUT2D eigenvalue weighted by Gasteiger charge is -2.26. The number of nitrogens with zero attached hydrogens (tertiary/aromatic N) is 1. The number of carbonyl (C=O) groups is 3. The third kappa shape index (κ3) is 5.08. The number of anilines is 1. The Morgan fingerprint density at radius 2 is 1.72 bits per heavy atom. The van der Waals surface area contributed by atoms with Crippen molar-refractivity contribution in [3.8, 4) is 17.2 Å². The topological polar surface area (TPSA) is 94.2 Å². The molecule has 2 aromatic rings. The Morgan fingerprint density at radius 1 is 0.969 bits per heavy atom. The molecule has 0 unspecified atom stereocenters. The molecule has 168 valence electrons. The monoisotopic (exact) mass is 438 g/mol. The van der Waals surface area contributed by atoms with Gasteiger partial charge >= 0.3 is 6.03 Å². The Hall–Kier alpha value is -3.81. The Bertz CT molecular complexity index is 1030. The molecule has 1 aliphatic rings. The first-order chi connectivity index (χ1) is 15.5. The Balaban J connectivity index is 1.87. The largest absolute Gasteiger partial charge is 0.494 e. The van der Waals surface area contributed by atoms with Crippen LogP contribution in [0, 0.1) is 0 Å². The summed E-state index contributed by atoms with van der Waals surface area (Å²) in [5.74, 6) is 0.182. The van der Waals surface area contributed by atoms with Crippen molar-refractivity contribution in [1.82, 2.24) is 5.32 Å². The molecule has 3 rings (SSSR count). The van der Waals surface area contributed by atoms with Crippen molar-refractivity contribution in [2.45, 2.75) is 26.7 Å². The smallest absolute Gasteiger partial charge is 0.335 e. The number of rotatable bonds is 9. The minimum atomic E-state index is -0.805. The number of imide groups is 2. The number of hydrogen-bond donors (Lipinski definition) is 1. The summed E-state index contributed by atoms with van der Waals surface area (Å²) in [6.45, 7) is 4.99. The molecule has 1 fully saturated rings. The summed E-state index contributed by atoms with van der Waals surface area (Å²) in [6, 6.07) is 10.8. The molecule has 1 saturated heterocycles. The van der Waals surface area contributed by atoms with Crippen LogP contribution < -0.4 is 24.4 Å². The molecule has 8 nitrogen and oxygen atoms in total. The van der Waals surface area contributed by atoms with Gasteiger partial charge in [0.1, 0.15) is 11.3 Å². The van der Waals surface area contributed by atoms with E-state index in [2.05, 4.69) is 12.2 Å². The van der Waals surface area contributed by atoms with Crippen LogP contribution in [0.15, 0.2) is 48.0 Å². The van der Waals surface area contributed by atoms with Crippen LogP contribution in [0.2, 0.25) is 0 Å². The van der Waals surface area contributed by atoms with E-state index in [0.717, 1.165) is 17.7 Å². The minimum Gasteiger partial charge on any atom is -0.494 e. The number of nitrogens with one attached hydrogen (secondary N) is 1. The highest BCUT2D eigenvalue weighted by Crippen LogP contribution is 2.30. The third-order valence-electron chi connectivity index (χ3n) is 4.76. The number of ether oxygens (including phenoxy) is 3. The lowest BCUT2D eigenvalue weighted by atomic mass is 10.1. The quantitative estimate of drug-likeness (QED) is 0.362. The maximum Gasteiger partial charge on any atom is 0.335 e.